The maximum atomic E-state index is 15.0. The van der Waals surface area contributed by atoms with Crippen molar-refractivity contribution in [1.82, 2.24) is 19.9 Å². The minimum Gasteiger partial charge on any atom is -0.496 e. The number of amides is 3. The van der Waals surface area contributed by atoms with Gasteiger partial charge in [-0.05, 0) is 94.6 Å². The summed E-state index contributed by atoms with van der Waals surface area (Å²) in [5, 5.41) is 3.09. The molecule has 2 aromatic rings. The Balaban J connectivity index is 1.15. The Morgan fingerprint density at radius 3 is 2.51 bits per heavy atom. The van der Waals surface area contributed by atoms with Gasteiger partial charge in [-0.15, -0.1) is 6.58 Å². The van der Waals surface area contributed by atoms with E-state index >= 15 is 0 Å². The molecule has 4 saturated carbocycles. The molecule has 5 fully saturated rings. The molecule has 3 amide bonds. The Morgan fingerprint density at radius 1 is 1.00 bits per heavy atom. The standard InChI is InChI=1S/C43H54N4O9S/c1-3-28-24-43(28,42(51)46-57(52,53)30-20-21-30)45-39(49)35-22-29-25-47(35)41(50)33(26-12-7-8-13-26)23-37(48)56-36-19-11-15-27(36)14-5-4-6-17-32-38(54-2)31-16-9-10-18-34(31)44-40(32)55-29/h3-4,6,9-10,16,18,26-30,33,35-36H,1,5,7-8,11-15,17,19-25H2,2H3,(H,45,49)(H,46,51)/b6-4+/t27-,28-,29-,33+,35+,36-,43-/m1/s1. The first-order valence-corrected chi connectivity index (χ1v) is 22.3. The molecule has 2 aliphatic heterocycles. The number of nitrogens with one attached hydrogen (secondary N) is 2. The molecule has 4 aliphatic carbocycles. The van der Waals surface area contributed by atoms with Crippen LogP contribution in [0.5, 0.6) is 11.6 Å². The van der Waals surface area contributed by atoms with Crippen LogP contribution in [0.3, 0.4) is 0 Å². The highest BCUT2D eigenvalue weighted by Gasteiger charge is 2.62. The molecule has 0 unspecified atom stereocenters. The SMILES string of the molecule is C=C[C@@H]1C[C@]1(NC(=O)[C@@H]1C[C@@H]2CN1C(=O)[C@H](C1CCCC1)CC(=O)O[C@@H]1CCC[C@H]1CC/C=C/Cc1c(nc3ccccc3c1OC)O2)C(=O)NS(=O)(=O)C1CC1. The van der Waals surface area contributed by atoms with E-state index in [0.717, 1.165) is 68.7 Å². The second kappa shape index (κ2) is 16.1. The first kappa shape index (κ1) is 39.4. The van der Waals surface area contributed by atoms with Crippen LogP contribution in [0.2, 0.25) is 0 Å². The molecular weight excluding hydrogens is 749 g/mol. The maximum Gasteiger partial charge on any atom is 0.306 e. The van der Waals surface area contributed by atoms with Gasteiger partial charge in [0.25, 0.3) is 5.91 Å². The predicted octanol–water partition coefficient (Wildman–Crippen LogP) is 5.06. The number of carbonyl (C=O) groups excluding carboxylic acids is 4. The highest BCUT2D eigenvalue weighted by atomic mass is 32.2. The zero-order chi connectivity index (χ0) is 39.9. The summed E-state index contributed by atoms with van der Waals surface area (Å²) >= 11 is 0. The number of nitrogens with zero attached hydrogens (tertiary/aromatic N) is 2. The second-order valence-corrected chi connectivity index (χ2v) is 18.9. The van der Waals surface area contributed by atoms with Crippen LogP contribution in [-0.4, -0.2) is 84.7 Å². The zero-order valence-electron chi connectivity index (χ0n) is 32.7. The molecule has 306 valence electrons. The lowest BCUT2D eigenvalue weighted by Crippen LogP contribution is -2.57. The Labute approximate surface area is 334 Å². The number of rotatable bonds is 8. The summed E-state index contributed by atoms with van der Waals surface area (Å²) in [5.74, 6) is -2.17. The van der Waals surface area contributed by atoms with Gasteiger partial charge in [0, 0.05) is 17.7 Å². The van der Waals surface area contributed by atoms with Crippen LogP contribution in [-0.2, 0) is 40.4 Å². The van der Waals surface area contributed by atoms with Gasteiger partial charge in [-0.3, -0.25) is 23.9 Å². The number of allylic oxidation sites excluding steroid dienone is 2. The van der Waals surface area contributed by atoms with Crippen molar-refractivity contribution in [2.24, 2.45) is 23.7 Å². The van der Waals surface area contributed by atoms with Gasteiger partial charge < -0.3 is 24.4 Å². The zero-order valence-corrected chi connectivity index (χ0v) is 33.5. The maximum absolute atomic E-state index is 15.0. The molecule has 1 saturated heterocycles. The van der Waals surface area contributed by atoms with Crippen LogP contribution >= 0.6 is 0 Å². The fourth-order valence-corrected chi connectivity index (χ4v) is 11.2. The van der Waals surface area contributed by atoms with E-state index in [-0.39, 0.29) is 49.7 Å². The average molecular weight is 803 g/mol. The fourth-order valence-electron chi connectivity index (χ4n) is 9.80. The molecule has 7 atom stereocenters. The molecule has 1 aromatic heterocycles. The number of hydrogen-bond acceptors (Lipinski definition) is 10. The summed E-state index contributed by atoms with van der Waals surface area (Å²) < 4.78 is 46.7. The molecule has 2 N–H and O–H groups in total. The number of sulfonamides is 1. The first-order valence-electron chi connectivity index (χ1n) is 20.8. The smallest absolute Gasteiger partial charge is 0.306 e. The van der Waals surface area contributed by atoms with E-state index in [1.165, 1.54) is 11.0 Å². The molecule has 0 radical (unpaired) electrons. The van der Waals surface area contributed by atoms with Gasteiger partial charge in [-0.2, -0.15) is 0 Å². The van der Waals surface area contributed by atoms with E-state index < -0.39 is 62.6 Å². The normalized spacial score (nSPS) is 31.6. The monoisotopic (exact) mass is 802 g/mol. The van der Waals surface area contributed by atoms with Crippen LogP contribution in [0.25, 0.3) is 10.9 Å². The average Bonchev–Trinajstić information content (AvgIpc) is 3.98. The van der Waals surface area contributed by atoms with Gasteiger partial charge in [-0.1, -0.05) is 43.2 Å². The molecule has 6 aliphatic rings. The number of ether oxygens (including phenoxy) is 3. The Morgan fingerprint density at radius 2 is 1.77 bits per heavy atom. The van der Waals surface area contributed by atoms with Crippen molar-refractivity contribution < 1.29 is 41.8 Å². The minimum atomic E-state index is -3.89. The molecule has 0 spiro atoms. The van der Waals surface area contributed by atoms with Crippen molar-refractivity contribution in [2.45, 2.75) is 125 Å². The number of pyridine rings is 1. The number of hydrogen-bond donors (Lipinski definition) is 2. The summed E-state index contributed by atoms with van der Waals surface area (Å²) in [5.41, 5.74) is -0.111. The Bertz CT molecular complexity index is 2060. The van der Waals surface area contributed by atoms with E-state index in [0.29, 0.717) is 36.4 Å². The van der Waals surface area contributed by atoms with Crippen LogP contribution in [0, 0.1) is 23.7 Å². The van der Waals surface area contributed by atoms with Crippen molar-refractivity contribution in [1.29, 1.82) is 0 Å². The highest BCUT2D eigenvalue weighted by Crippen LogP contribution is 2.46. The van der Waals surface area contributed by atoms with Crippen molar-refractivity contribution in [3.63, 3.8) is 0 Å². The van der Waals surface area contributed by atoms with Gasteiger partial charge in [0.2, 0.25) is 27.7 Å². The van der Waals surface area contributed by atoms with Gasteiger partial charge >= 0.3 is 5.97 Å². The van der Waals surface area contributed by atoms with Gasteiger partial charge in [-0.25, -0.2) is 13.4 Å². The first-order chi connectivity index (χ1) is 27.5. The third-order valence-corrected chi connectivity index (χ3v) is 15.0. The van der Waals surface area contributed by atoms with Crippen LogP contribution < -0.4 is 19.5 Å². The lowest BCUT2D eigenvalue weighted by Gasteiger charge is -2.32. The number of para-hydroxylation sites is 1. The number of aromatic nitrogens is 1. The van der Waals surface area contributed by atoms with Crippen molar-refractivity contribution in [3.8, 4) is 11.6 Å². The van der Waals surface area contributed by atoms with Crippen molar-refractivity contribution >= 4 is 44.6 Å². The number of methoxy groups -OCH3 is 1. The molecular formula is C43H54N4O9S. The van der Waals surface area contributed by atoms with Crippen molar-refractivity contribution in [2.75, 3.05) is 13.7 Å². The molecule has 14 heteroatoms. The quantitative estimate of drug-likeness (QED) is 0.272. The molecule has 1 aromatic carbocycles. The predicted molar refractivity (Wildman–Crippen MR) is 211 cm³/mol. The van der Waals surface area contributed by atoms with Gasteiger partial charge in [0.1, 0.15) is 29.5 Å². The van der Waals surface area contributed by atoms with Crippen LogP contribution in [0.4, 0.5) is 0 Å². The number of carbonyl (C=O) groups is 4. The van der Waals surface area contributed by atoms with Gasteiger partial charge in [0.15, 0.2) is 0 Å². The summed E-state index contributed by atoms with van der Waals surface area (Å²) in [6.07, 6.45) is 14.3. The van der Waals surface area contributed by atoms with Crippen LogP contribution in [0.15, 0.2) is 49.1 Å². The Kier molecular flexibility index (Phi) is 11.1. The number of benzene rings is 1. The Hall–Kier alpha value is -4.46. The third-order valence-electron chi connectivity index (χ3n) is 13.2. The second-order valence-electron chi connectivity index (χ2n) is 16.9. The van der Waals surface area contributed by atoms with Crippen molar-refractivity contribution in [3.05, 3.63) is 54.6 Å². The summed E-state index contributed by atoms with van der Waals surface area (Å²) in [4.78, 5) is 63.3. The third kappa shape index (κ3) is 8.03. The van der Waals surface area contributed by atoms with E-state index in [2.05, 4.69) is 28.8 Å². The summed E-state index contributed by atoms with van der Waals surface area (Å²) in [6, 6.07) is 6.57. The molecule has 57 heavy (non-hydrogen) atoms. The van der Waals surface area contributed by atoms with Gasteiger partial charge in [0.05, 0.1) is 42.3 Å². The van der Waals surface area contributed by atoms with E-state index in [4.69, 9.17) is 19.2 Å². The highest BCUT2D eigenvalue weighted by molar-refractivity contribution is 7.91. The lowest BCUT2D eigenvalue weighted by molar-refractivity contribution is -0.156. The number of fused-ring (bicyclic) bond motifs is 5. The molecule has 8 rings (SSSR count). The lowest BCUT2D eigenvalue weighted by atomic mass is 9.86. The minimum absolute atomic E-state index is 0.0339. The number of esters is 1. The van der Waals surface area contributed by atoms with E-state index in [1.807, 2.05) is 24.3 Å². The van der Waals surface area contributed by atoms with E-state index in [1.54, 1.807) is 7.11 Å². The molecule has 2 bridgehead atoms. The molecule has 3 heterocycles. The van der Waals surface area contributed by atoms with E-state index in [9.17, 15) is 27.6 Å². The van der Waals surface area contributed by atoms with Crippen LogP contribution in [0.1, 0.15) is 95.5 Å². The fraction of sp³-hybridized carbons (Fsp3) is 0.605. The summed E-state index contributed by atoms with van der Waals surface area (Å²) in [7, 11) is -2.27. The molecule has 13 nitrogen and oxygen atoms in total. The summed E-state index contributed by atoms with van der Waals surface area (Å²) in [6.45, 7) is 3.86. The topological polar surface area (TPSA) is 170 Å². The largest absolute Gasteiger partial charge is 0.496 e.